The van der Waals surface area contributed by atoms with E-state index < -0.39 is 0 Å². The van der Waals surface area contributed by atoms with Crippen LogP contribution in [0.4, 0.5) is 4.39 Å². The largest absolute Gasteiger partial charge is 0.297 e. The summed E-state index contributed by atoms with van der Waals surface area (Å²) >= 11 is 0. The molecule has 0 radical (unpaired) electrons. The molecule has 0 fully saturated rings. The lowest BCUT2D eigenvalue weighted by Gasteiger charge is -2.24. The highest BCUT2D eigenvalue weighted by Gasteiger charge is 2.07. The fourth-order valence-corrected chi connectivity index (χ4v) is 1.30. The zero-order chi connectivity index (χ0) is 7.40. The van der Waals surface area contributed by atoms with Crippen molar-refractivity contribution in [2.75, 3.05) is 26.3 Å². The molecule has 10 heavy (non-hydrogen) atoms. The molecule has 0 bridgehead atoms. The van der Waals surface area contributed by atoms with Crippen molar-refractivity contribution in [2.45, 2.75) is 13.3 Å². The van der Waals surface area contributed by atoms with E-state index in [0.717, 1.165) is 19.5 Å². The van der Waals surface area contributed by atoms with Gasteiger partial charge in [0.05, 0.1) is 0 Å². The van der Waals surface area contributed by atoms with Crippen LogP contribution in [0.5, 0.6) is 0 Å². The van der Waals surface area contributed by atoms with Crippen molar-refractivity contribution >= 4 is 0 Å². The van der Waals surface area contributed by atoms with Gasteiger partial charge in [-0.2, -0.15) is 0 Å². The van der Waals surface area contributed by atoms with E-state index in [1.165, 1.54) is 5.57 Å². The maximum Gasteiger partial charge on any atom is 0.102 e. The minimum Gasteiger partial charge on any atom is -0.297 e. The Labute approximate surface area is 61.5 Å². The summed E-state index contributed by atoms with van der Waals surface area (Å²) in [6.07, 6.45) is 3.32. The summed E-state index contributed by atoms with van der Waals surface area (Å²) in [7, 11) is 0. The average molecular weight is 143 g/mol. The molecule has 58 valence electrons. The fraction of sp³-hybridized carbons (Fsp3) is 0.750. The highest BCUT2D eigenvalue weighted by molar-refractivity contribution is 5.04. The van der Waals surface area contributed by atoms with Crippen molar-refractivity contribution in [1.29, 1.82) is 0 Å². The Hall–Kier alpha value is -0.370. The van der Waals surface area contributed by atoms with E-state index in [-0.39, 0.29) is 6.67 Å². The molecule has 1 nitrogen and oxygen atoms in total. The number of rotatable bonds is 2. The summed E-state index contributed by atoms with van der Waals surface area (Å²) in [4.78, 5) is 2.15. The Kier molecular flexibility index (Phi) is 2.87. The third-order valence-corrected chi connectivity index (χ3v) is 1.81. The van der Waals surface area contributed by atoms with Gasteiger partial charge in [0.25, 0.3) is 0 Å². The Bertz CT molecular complexity index is 131. The van der Waals surface area contributed by atoms with E-state index >= 15 is 0 Å². The molecule has 0 saturated carbocycles. The first-order valence-electron chi connectivity index (χ1n) is 3.77. The number of hydrogen-bond acceptors (Lipinski definition) is 1. The molecule has 0 aromatic heterocycles. The predicted molar refractivity (Wildman–Crippen MR) is 40.8 cm³/mol. The molecule has 0 unspecified atom stereocenters. The summed E-state index contributed by atoms with van der Waals surface area (Å²) in [6, 6.07) is 0. The molecule has 0 aliphatic carbocycles. The van der Waals surface area contributed by atoms with Gasteiger partial charge in [-0.25, -0.2) is 4.39 Å². The molecule has 0 amide bonds. The number of halogens is 1. The van der Waals surface area contributed by atoms with Crippen LogP contribution in [0.2, 0.25) is 0 Å². The van der Waals surface area contributed by atoms with Crippen LogP contribution in [-0.2, 0) is 0 Å². The Morgan fingerprint density at radius 2 is 2.50 bits per heavy atom. The normalized spacial score (nSPS) is 20.8. The smallest absolute Gasteiger partial charge is 0.102 e. The lowest BCUT2D eigenvalue weighted by atomic mass is 10.1. The first-order chi connectivity index (χ1) is 4.83. The molecule has 0 saturated heterocycles. The predicted octanol–water partition coefficient (Wildman–Crippen LogP) is 1.61. The second kappa shape index (κ2) is 3.71. The SMILES string of the molecule is CC1=CCCN(CCF)C1. The minimum atomic E-state index is -0.215. The maximum absolute atomic E-state index is 11.8. The molecule has 0 atom stereocenters. The van der Waals surface area contributed by atoms with Crippen LogP contribution >= 0.6 is 0 Å². The molecule has 2 heteroatoms. The van der Waals surface area contributed by atoms with Crippen LogP contribution in [0.1, 0.15) is 13.3 Å². The van der Waals surface area contributed by atoms with Crippen LogP contribution in [0, 0.1) is 0 Å². The van der Waals surface area contributed by atoms with Crippen molar-refractivity contribution in [1.82, 2.24) is 4.90 Å². The molecule has 0 N–H and O–H groups in total. The van der Waals surface area contributed by atoms with E-state index in [4.69, 9.17) is 0 Å². The van der Waals surface area contributed by atoms with Crippen LogP contribution in [0.3, 0.4) is 0 Å². The van der Waals surface area contributed by atoms with Crippen molar-refractivity contribution in [3.05, 3.63) is 11.6 Å². The molecular weight excluding hydrogens is 129 g/mol. The third kappa shape index (κ3) is 2.10. The highest BCUT2D eigenvalue weighted by Crippen LogP contribution is 2.07. The summed E-state index contributed by atoms with van der Waals surface area (Å²) in [5, 5.41) is 0. The number of hydrogen-bond donors (Lipinski definition) is 0. The monoisotopic (exact) mass is 143 g/mol. The second-order valence-corrected chi connectivity index (χ2v) is 2.80. The summed E-state index contributed by atoms with van der Waals surface area (Å²) < 4.78 is 11.8. The lowest BCUT2D eigenvalue weighted by molar-refractivity contribution is 0.261. The quantitative estimate of drug-likeness (QED) is 0.531. The topological polar surface area (TPSA) is 3.24 Å². The Balaban J connectivity index is 2.30. The average Bonchev–Trinajstić information content (AvgIpc) is 1.88. The van der Waals surface area contributed by atoms with E-state index in [0.29, 0.717) is 6.54 Å². The summed E-state index contributed by atoms with van der Waals surface area (Å²) in [5.41, 5.74) is 1.37. The van der Waals surface area contributed by atoms with E-state index in [1.807, 2.05) is 0 Å². The Morgan fingerprint density at radius 1 is 1.70 bits per heavy atom. The van der Waals surface area contributed by atoms with Crippen LogP contribution in [-0.4, -0.2) is 31.2 Å². The standard InChI is InChI=1S/C8H14FN/c1-8-3-2-5-10(7-8)6-4-9/h3H,2,4-7H2,1H3. The van der Waals surface area contributed by atoms with Gasteiger partial charge in [-0.1, -0.05) is 11.6 Å². The molecule has 1 heterocycles. The van der Waals surface area contributed by atoms with Gasteiger partial charge in [-0.15, -0.1) is 0 Å². The molecule has 0 aromatic rings. The fourth-order valence-electron chi connectivity index (χ4n) is 1.30. The first-order valence-corrected chi connectivity index (χ1v) is 3.77. The molecule has 1 aliphatic rings. The number of nitrogens with zero attached hydrogens (tertiary/aromatic N) is 1. The van der Waals surface area contributed by atoms with Crippen molar-refractivity contribution < 1.29 is 4.39 Å². The zero-order valence-electron chi connectivity index (χ0n) is 6.44. The maximum atomic E-state index is 11.8. The van der Waals surface area contributed by atoms with Crippen LogP contribution in [0.25, 0.3) is 0 Å². The van der Waals surface area contributed by atoms with Gasteiger partial charge in [0.15, 0.2) is 0 Å². The summed E-state index contributed by atoms with van der Waals surface area (Å²) in [6.45, 7) is 4.48. The van der Waals surface area contributed by atoms with Crippen molar-refractivity contribution in [2.24, 2.45) is 0 Å². The van der Waals surface area contributed by atoms with Gasteiger partial charge in [0, 0.05) is 19.6 Å². The van der Waals surface area contributed by atoms with Gasteiger partial charge in [-0.3, -0.25) is 4.90 Å². The molecule has 1 aliphatic heterocycles. The van der Waals surface area contributed by atoms with E-state index in [1.54, 1.807) is 0 Å². The van der Waals surface area contributed by atoms with E-state index in [2.05, 4.69) is 17.9 Å². The Morgan fingerprint density at radius 3 is 3.10 bits per heavy atom. The van der Waals surface area contributed by atoms with Gasteiger partial charge in [0.1, 0.15) is 6.67 Å². The van der Waals surface area contributed by atoms with E-state index in [9.17, 15) is 4.39 Å². The van der Waals surface area contributed by atoms with Gasteiger partial charge >= 0.3 is 0 Å². The molecular formula is C8H14FN. The van der Waals surface area contributed by atoms with Gasteiger partial charge in [-0.05, 0) is 13.3 Å². The highest BCUT2D eigenvalue weighted by atomic mass is 19.1. The van der Waals surface area contributed by atoms with Crippen LogP contribution < -0.4 is 0 Å². The minimum absolute atomic E-state index is 0.215. The van der Waals surface area contributed by atoms with Crippen molar-refractivity contribution in [3.63, 3.8) is 0 Å². The zero-order valence-corrected chi connectivity index (χ0v) is 6.44. The third-order valence-electron chi connectivity index (χ3n) is 1.81. The molecule has 0 spiro atoms. The van der Waals surface area contributed by atoms with Crippen LogP contribution in [0.15, 0.2) is 11.6 Å². The number of alkyl halides is 1. The van der Waals surface area contributed by atoms with Gasteiger partial charge < -0.3 is 0 Å². The molecule has 1 rings (SSSR count). The first kappa shape index (κ1) is 7.73. The second-order valence-electron chi connectivity index (χ2n) is 2.80. The van der Waals surface area contributed by atoms with Crippen molar-refractivity contribution in [3.8, 4) is 0 Å². The summed E-state index contributed by atoms with van der Waals surface area (Å²) in [5.74, 6) is 0. The lowest BCUT2D eigenvalue weighted by Crippen LogP contribution is -2.31. The molecule has 0 aromatic carbocycles. The van der Waals surface area contributed by atoms with Gasteiger partial charge in [0.2, 0.25) is 0 Å².